The minimum Gasteiger partial charge on any atom is -0.394 e. The number of ether oxygens (including phenoxy) is 1. The van der Waals surface area contributed by atoms with Crippen LogP contribution in [0.4, 0.5) is 13.2 Å². The molecule has 3 atom stereocenters. The van der Waals surface area contributed by atoms with E-state index < -0.39 is 37.5 Å². The first-order valence-corrected chi connectivity index (χ1v) is 7.66. The first-order valence-electron chi connectivity index (χ1n) is 6.44. The van der Waals surface area contributed by atoms with E-state index in [0.717, 1.165) is 11.8 Å². The summed E-state index contributed by atoms with van der Waals surface area (Å²) in [6, 6.07) is 0. The lowest BCUT2D eigenvalue weighted by Crippen LogP contribution is -2.40. The van der Waals surface area contributed by atoms with Crippen LogP contribution >= 0.6 is 11.8 Å². The highest BCUT2D eigenvalue weighted by atomic mass is 32.2. The number of rotatable bonds is 9. The summed E-state index contributed by atoms with van der Waals surface area (Å²) in [5.74, 6) is 0. The monoisotopic (exact) mass is 333 g/mol. The van der Waals surface area contributed by atoms with Crippen LogP contribution < -0.4 is 0 Å². The predicted molar refractivity (Wildman–Crippen MR) is 75.6 cm³/mol. The van der Waals surface area contributed by atoms with Gasteiger partial charge in [0.25, 0.3) is 0 Å². The van der Waals surface area contributed by atoms with E-state index in [2.05, 4.69) is 4.99 Å². The third kappa shape index (κ3) is 10.1. The van der Waals surface area contributed by atoms with E-state index in [1.165, 1.54) is 6.92 Å². The molecule has 3 N–H and O–H groups in total. The Morgan fingerprint density at radius 1 is 1.33 bits per heavy atom. The van der Waals surface area contributed by atoms with Crippen molar-refractivity contribution in [3.05, 3.63) is 0 Å². The molecule has 0 aliphatic rings. The SMILES string of the molecule is CS/C(CCC(F)(F)F)=N\CCO[C@H](CO)[C@@H](O)[C@@H](C)O. The van der Waals surface area contributed by atoms with Gasteiger partial charge in [0.05, 0.1) is 30.9 Å². The van der Waals surface area contributed by atoms with Gasteiger partial charge in [0.15, 0.2) is 0 Å². The van der Waals surface area contributed by atoms with E-state index in [0.29, 0.717) is 5.04 Å². The van der Waals surface area contributed by atoms with Crippen LogP contribution in [0, 0.1) is 0 Å². The molecule has 0 fully saturated rings. The van der Waals surface area contributed by atoms with E-state index in [1.807, 2.05) is 0 Å². The molecule has 0 spiro atoms. The maximum atomic E-state index is 12.1. The molecule has 0 aliphatic carbocycles. The zero-order valence-electron chi connectivity index (χ0n) is 12.0. The van der Waals surface area contributed by atoms with Gasteiger partial charge in [-0.2, -0.15) is 13.2 Å². The minimum absolute atomic E-state index is 0.0328. The third-order valence-electron chi connectivity index (χ3n) is 2.62. The molecule has 0 aromatic carbocycles. The first kappa shape index (κ1) is 20.6. The Labute approximate surface area is 126 Å². The van der Waals surface area contributed by atoms with Crippen LogP contribution in [-0.2, 0) is 4.74 Å². The zero-order valence-corrected chi connectivity index (χ0v) is 12.8. The predicted octanol–water partition coefficient (Wildman–Crippen LogP) is 1.21. The molecular formula is C12H22F3NO4S. The molecule has 0 saturated carbocycles. The van der Waals surface area contributed by atoms with Crippen LogP contribution in [0.3, 0.4) is 0 Å². The number of hydrogen-bond donors (Lipinski definition) is 3. The summed E-state index contributed by atoms with van der Waals surface area (Å²) in [5.41, 5.74) is 0. The quantitative estimate of drug-likeness (QED) is 0.336. The normalized spacial score (nSPS) is 17.6. The highest BCUT2D eigenvalue weighted by Gasteiger charge is 2.27. The molecule has 126 valence electrons. The maximum absolute atomic E-state index is 12.1. The average molecular weight is 333 g/mol. The highest BCUT2D eigenvalue weighted by Crippen LogP contribution is 2.23. The second-order valence-electron chi connectivity index (χ2n) is 4.42. The molecule has 9 heteroatoms. The summed E-state index contributed by atoms with van der Waals surface area (Å²) >= 11 is 1.14. The van der Waals surface area contributed by atoms with Gasteiger partial charge in [0.2, 0.25) is 0 Å². The third-order valence-corrected chi connectivity index (χ3v) is 3.43. The highest BCUT2D eigenvalue weighted by molar-refractivity contribution is 8.13. The van der Waals surface area contributed by atoms with Crippen LogP contribution in [0.1, 0.15) is 19.8 Å². The van der Waals surface area contributed by atoms with Crippen LogP contribution in [0.5, 0.6) is 0 Å². The average Bonchev–Trinajstić information content (AvgIpc) is 2.40. The van der Waals surface area contributed by atoms with Crippen LogP contribution in [0.2, 0.25) is 0 Å². The van der Waals surface area contributed by atoms with Crippen molar-refractivity contribution in [2.24, 2.45) is 4.99 Å². The molecule has 21 heavy (non-hydrogen) atoms. The molecule has 0 unspecified atom stereocenters. The summed E-state index contributed by atoms with van der Waals surface area (Å²) in [4.78, 5) is 3.98. The number of aliphatic imine (C=N–C) groups is 1. The van der Waals surface area contributed by atoms with Crippen molar-refractivity contribution in [1.82, 2.24) is 0 Å². The van der Waals surface area contributed by atoms with Gasteiger partial charge in [-0.3, -0.25) is 4.99 Å². The van der Waals surface area contributed by atoms with Gasteiger partial charge in [-0.25, -0.2) is 0 Å². The van der Waals surface area contributed by atoms with Crippen LogP contribution in [0.25, 0.3) is 0 Å². The van der Waals surface area contributed by atoms with Crippen molar-refractivity contribution in [2.45, 2.75) is 44.3 Å². The van der Waals surface area contributed by atoms with Gasteiger partial charge in [-0.1, -0.05) is 0 Å². The van der Waals surface area contributed by atoms with Gasteiger partial charge in [0, 0.05) is 12.8 Å². The Bertz CT molecular complexity index is 313. The molecule has 0 aromatic rings. The minimum atomic E-state index is -4.21. The summed E-state index contributed by atoms with van der Waals surface area (Å²) in [5, 5.41) is 28.1. The maximum Gasteiger partial charge on any atom is 0.389 e. The molecule has 0 rings (SSSR count). The summed E-state index contributed by atoms with van der Waals surface area (Å²) < 4.78 is 41.4. The lowest BCUT2D eigenvalue weighted by molar-refractivity contribution is -0.132. The number of halogens is 3. The Morgan fingerprint density at radius 2 is 1.95 bits per heavy atom. The second-order valence-corrected chi connectivity index (χ2v) is 5.30. The van der Waals surface area contributed by atoms with Gasteiger partial charge < -0.3 is 20.1 Å². The van der Waals surface area contributed by atoms with Gasteiger partial charge in [0.1, 0.15) is 12.2 Å². The van der Waals surface area contributed by atoms with Crippen molar-refractivity contribution < 1.29 is 33.2 Å². The van der Waals surface area contributed by atoms with Crippen molar-refractivity contribution in [3.63, 3.8) is 0 Å². The number of hydrogen-bond acceptors (Lipinski definition) is 6. The molecule has 0 saturated heterocycles. The molecule has 0 radical (unpaired) electrons. The van der Waals surface area contributed by atoms with Crippen LogP contribution in [0.15, 0.2) is 4.99 Å². The van der Waals surface area contributed by atoms with Crippen molar-refractivity contribution in [2.75, 3.05) is 26.0 Å². The summed E-state index contributed by atoms with van der Waals surface area (Å²) in [6.07, 6.45) is -6.91. The van der Waals surface area contributed by atoms with E-state index in [9.17, 15) is 23.4 Å². The standard InChI is InChI=1S/C12H22F3NO4S/c1-8(18)11(19)9(7-17)20-6-5-16-10(21-2)3-4-12(13,14)15/h8-9,11,17-19H,3-7H2,1-2H3/b16-10-/t8-,9-,11+/m1/s1. The molecule has 0 bridgehead atoms. The summed E-state index contributed by atoms with van der Waals surface area (Å²) in [7, 11) is 0. The number of aliphatic hydroxyl groups excluding tert-OH is 3. The molecule has 0 amide bonds. The van der Waals surface area contributed by atoms with E-state index >= 15 is 0 Å². The topological polar surface area (TPSA) is 82.3 Å². The Balaban J connectivity index is 4.16. The molecule has 5 nitrogen and oxygen atoms in total. The number of aliphatic hydroxyl groups is 3. The number of nitrogens with zero attached hydrogens (tertiary/aromatic N) is 1. The zero-order chi connectivity index (χ0) is 16.5. The van der Waals surface area contributed by atoms with Crippen molar-refractivity contribution in [3.8, 4) is 0 Å². The molecule has 0 heterocycles. The Morgan fingerprint density at radius 3 is 2.38 bits per heavy atom. The lowest BCUT2D eigenvalue weighted by Gasteiger charge is -2.23. The number of alkyl halides is 3. The number of thioether (sulfide) groups is 1. The Hall–Kier alpha value is -0.350. The molecular weight excluding hydrogens is 311 g/mol. The smallest absolute Gasteiger partial charge is 0.389 e. The Kier molecular flexibility index (Phi) is 10.2. The van der Waals surface area contributed by atoms with Gasteiger partial charge in [-0.15, -0.1) is 11.8 Å². The first-order chi connectivity index (χ1) is 9.71. The van der Waals surface area contributed by atoms with Crippen molar-refractivity contribution in [1.29, 1.82) is 0 Å². The van der Waals surface area contributed by atoms with E-state index in [1.54, 1.807) is 6.26 Å². The fraction of sp³-hybridized carbons (Fsp3) is 0.917. The van der Waals surface area contributed by atoms with E-state index in [-0.39, 0.29) is 19.6 Å². The van der Waals surface area contributed by atoms with Gasteiger partial charge in [-0.05, 0) is 13.2 Å². The fourth-order valence-electron chi connectivity index (χ4n) is 1.44. The van der Waals surface area contributed by atoms with Gasteiger partial charge >= 0.3 is 6.18 Å². The van der Waals surface area contributed by atoms with Crippen LogP contribution in [-0.4, -0.2) is 70.9 Å². The second kappa shape index (κ2) is 10.4. The molecule has 0 aromatic heterocycles. The molecule has 0 aliphatic heterocycles. The fourth-order valence-corrected chi connectivity index (χ4v) is 1.97. The van der Waals surface area contributed by atoms with Crippen molar-refractivity contribution >= 4 is 16.8 Å². The summed E-state index contributed by atoms with van der Waals surface area (Å²) in [6.45, 7) is 1.04. The van der Waals surface area contributed by atoms with E-state index in [4.69, 9.17) is 9.84 Å². The lowest BCUT2D eigenvalue weighted by atomic mass is 10.1. The largest absolute Gasteiger partial charge is 0.394 e.